The second-order valence-corrected chi connectivity index (χ2v) is 9.01. The molecule has 0 unspecified atom stereocenters. The van der Waals surface area contributed by atoms with Crippen LogP contribution in [0.15, 0.2) is 65.5 Å². The Hall–Kier alpha value is -3.24. The van der Waals surface area contributed by atoms with E-state index in [9.17, 15) is 19.4 Å². The van der Waals surface area contributed by atoms with E-state index in [0.717, 1.165) is 5.56 Å². The molecule has 178 valence electrons. The Balaban J connectivity index is 1.53. The number of hydrogen-bond donors (Lipinski definition) is 2. The van der Waals surface area contributed by atoms with Crippen molar-refractivity contribution in [2.75, 3.05) is 11.9 Å². The van der Waals surface area contributed by atoms with E-state index in [-0.39, 0.29) is 12.6 Å². The number of carbonyl (C=O) groups is 1. The van der Waals surface area contributed by atoms with Crippen LogP contribution in [0.2, 0.25) is 0 Å². The fraction of sp³-hybridized carbons (Fsp3) is 0.292. The number of likely N-dealkylation sites (N-methyl/N-ethyl adjacent to an activating group) is 1. The molecule has 8 nitrogen and oxygen atoms in total. The van der Waals surface area contributed by atoms with Gasteiger partial charge in [-0.15, -0.1) is 0 Å². The Morgan fingerprint density at radius 2 is 1.97 bits per heavy atom. The van der Waals surface area contributed by atoms with E-state index in [4.69, 9.17) is 4.74 Å². The van der Waals surface area contributed by atoms with Crippen LogP contribution in [-0.4, -0.2) is 56.4 Å². The average Bonchev–Trinajstić information content (AvgIpc) is 3.20. The molecule has 2 N–H and O–H groups in total. The second kappa shape index (κ2) is 10.4. The molecule has 1 aliphatic carbocycles. The van der Waals surface area contributed by atoms with Gasteiger partial charge in [0, 0.05) is 19.6 Å². The monoisotopic (exact) mass is 530 g/mol. The highest BCUT2D eigenvalue weighted by Crippen LogP contribution is 2.37. The van der Waals surface area contributed by atoms with Crippen molar-refractivity contribution in [1.82, 2.24) is 14.9 Å². The number of halogens is 2. The van der Waals surface area contributed by atoms with Crippen LogP contribution in [-0.2, 0) is 6.54 Å². The van der Waals surface area contributed by atoms with Gasteiger partial charge in [0.15, 0.2) is 11.6 Å². The van der Waals surface area contributed by atoms with E-state index >= 15 is 0 Å². The van der Waals surface area contributed by atoms with Gasteiger partial charge in [0.1, 0.15) is 17.9 Å². The van der Waals surface area contributed by atoms with Crippen molar-refractivity contribution < 1.29 is 24.1 Å². The van der Waals surface area contributed by atoms with Crippen LogP contribution in [0.4, 0.5) is 15.0 Å². The van der Waals surface area contributed by atoms with Crippen molar-refractivity contribution in [2.24, 2.45) is 0 Å². The SMILES string of the molecule is CN(c1ncncc1Oc1ccc(F)cc1Br)[C@H]1C[C@@H](N(Cc2ccccc2)C(=O)O)C[C@H]1O. The number of rotatable bonds is 7. The lowest BCUT2D eigenvalue weighted by Crippen LogP contribution is -2.40. The van der Waals surface area contributed by atoms with E-state index in [0.29, 0.717) is 34.6 Å². The number of amides is 1. The highest BCUT2D eigenvalue weighted by Gasteiger charge is 2.41. The molecule has 1 aromatic heterocycles. The summed E-state index contributed by atoms with van der Waals surface area (Å²) < 4.78 is 19.8. The Kier molecular flexibility index (Phi) is 7.28. The van der Waals surface area contributed by atoms with Crippen LogP contribution >= 0.6 is 15.9 Å². The Morgan fingerprint density at radius 3 is 2.68 bits per heavy atom. The first-order chi connectivity index (χ1) is 16.3. The lowest BCUT2D eigenvalue weighted by atomic mass is 10.1. The molecular formula is C24H24BrFN4O4. The summed E-state index contributed by atoms with van der Waals surface area (Å²) in [5.74, 6) is 0.739. The van der Waals surface area contributed by atoms with Crippen LogP contribution in [0.5, 0.6) is 11.5 Å². The molecule has 2 aromatic carbocycles. The topological polar surface area (TPSA) is 99.0 Å². The van der Waals surface area contributed by atoms with Gasteiger partial charge in [-0.05, 0) is 52.5 Å². The number of carboxylic acid groups (broad SMARTS) is 1. The van der Waals surface area contributed by atoms with Crippen LogP contribution in [0.3, 0.4) is 0 Å². The van der Waals surface area contributed by atoms with Gasteiger partial charge in [-0.2, -0.15) is 0 Å². The number of nitrogens with zero attached hydrogens (tertiary/aromatic N) is 4. The fourth-order valence-corrected chi connectivity index (χ4v) is 4.68. The molecule has 1 fully saturated rings. The number of anilines is 1. The van der Waals surface area contributed by atoms with Gasteiger partial charge in [0.2, 0.25) is 0 Å². The molecule has 34 heavy (non-hydrogen) atoms. The summed E-state index contributed by atoms with van der Waals surface area (Å²) in [5.41, 5.74) is 0.882. The number of ether oxygens (including phenoxy) is 1. The maximum Gasteiger partial charge on any atom is 0.407 e. The van der Waals surface area contributed by atoms with Crippen LogP contribution in [0, 0.1) is 5.82 Å². The maximum absolute atomic E-state index is 13.4. The van der Waals surface area contributed by atoms with Crippen molar-refractivity contribution >= 4 is 27.8 Å². The molecule has 0 aliphatic heterocycles. The third-order valence-electron chi connectivity index (χ3n) is 5.96. The summed E-state index contributed by atoms with van der Waals surface area (Å²) in [5, 5.41) is 20.7. The number of benzene rings is 2. The first kappa shape index (κ1) is 23.9. The number of aliphatic hydroxyl groups is 1. The molecular weight excluding hydrogens is 507 g/mol. The molecule has 1 saturated carbocycles. The van der Waals surface area contributed by atoms with Gasteiger partial charge in [-0.1, -0.05) is 30.3 Å². The van der Waals surface area contributed by atoms with Crippen molar-refractivity contribution in [2.45, 2.75) is 37.6 Å². The highest BCUT2D eigenvalue weighted by atomic mass is 79.9. The van der Waals surface area contributed by atoms with E-state index in [2.05, 4.69) is 25.9 Å². The van der Waals surface area contributed by atoms with Gasteiger partial charge in [-0.3, -0.25) is 0 Å². The van der Waals surface area contributed by atoms with Gasteiger partial charge < -0.3 is 24.7 Å². The van der Waals surface area contributed by atoms with Crippen LogP contribution in [0.1, 0.15) is 18.4 Å². The molecule has 0 bridgehead atoms. The molecule has 0 radical (unpaired) electrons. The molecule has 1 aliphatic rings. The lowest BCUT2D eigenvalue weighted by molar-refractivity contribution is 0.112. The quantitative estimate of drug-likeness (QED) is 0.457. The van der Waals surface area contributed by atoms with Crippen LogP contribution in [0.25, 0.3) is 0 Å². The molecule has 0 spiro atoms. The Bertz CT molecular complexity index is 1150. The molecule has 1 heterocycles. The smallest absolute Gasteiger partial charge is 0.407 e. The van der Waals surface area contributed by atoms with Gasteiger partial charge in [-0.25, -0.2) is 19.2 Å². The summed E-state index contributed by atoms with van der Waals surface area (Å²) in [6, 6.07) is 12.7. The Labute approximate surface area is 204 Å². The largest absolute Gasteiger partial charge is 0.465 e. The molecule has 1 amide bonds. The Morgan fingerprint density at radius 1 is 1.21 bits per heavy atom. The van der Waals surface area contributed by atoms with Gasteiger partial charge in [0.25, 0.3) is 0 Å². The van der Waals surface area contributed by atoms with E-state index in [1.165, 1.54) is 35.6 Å². The minimum Gasteiger partial charge on any atom is -0.465 e. The predicted molar refractivity (Wildman–Crippen MR) is 127 cm³/mol. The van der Waals surface area contributed by atoms with Crippen molar-refractivity contribution in [1.29, 1.82) is 0 Å². The highest BCUT2D eigenvalue weighted by molar-refractivity contribution is 9.10. The maximum atomic E-state index is 13.4. The number of aromatic nitrogens is 2. The van der Waals surface area contributed by atoms with Gasteiger partial charge >= 0.3 is 6.09 Å². The lowest BCUT2D eigenvalue weighted by Gasteiger charge is -2.30. The van der Waals surface area contributed by atoms with E-state index in [1.54, 1.807) is 11.9 Å². The zero-order valence-electron chi connectivity index (χ0n) is 18.4. The zero-order valence-corrected chi connectivity index (χ0v) is 20.0. The predicted octanol–water partition coefficient (Wildman–Crippen LogP) is 4.68. The van der Waals surface area contributed by atoms with E-state index in [1.807, 2.05) is 30.3 Å². The van der Waals surface area contributed by atoms with Crippen LogP contribution < -0.4 is 9.64 Å². The molecule has 0 saturated heterocycles. The first-order valence-corrected chi connectivity index (χ1v) is 11.5. The molecule has 3 aromatic rings. The number of hydrogen-bond acceptors (Lipinski definition) is 6. The van der Waals surface area contributed by atoms with Crippen molar-refractivity contribution in [3.63, 3.8) is 0 Å². The summed E-state index contributed by atoms with van der Waals surface area (Å²) in [6.07, 6.45) is 1.78. The normalized spacial score (nSPS) is 19.6. The fourth-order valence-electron chi connectivity index (χ4n) is 4.25. The van der Waals surface area contributed by atoms with Gasteiger partial charge in [0.05, 0.1) is 22.8 Å². The second-order valence-electron chi connectivity index (χ2n) is 8.15. The first-order valence-electron chi connectivity index (χ1n) is 10.7. The average molecular weight is 531 g/mol. The third kappa shape index (κ3) is 5.28. The zero-order chi connectivity index (χ0) is 24.2. The molecule has 3 atom stereocenters. The minimum atomic E-state index is -1.03. The standard InChI is InChI=1S/C24H24BrFN4O4/c1-29(23-22(12-27-14-28-23)34-21-8-7-16(26)9-18(21)25)19-10-17(11-20(19)31)30(24(32)33)13-15-5-3-2-4-6-15/h2-9,12,14,17,19-20,31H,10-11,13H2,1H3,(H,32,33)/t17-,19+,20-/m1/s1. The summed E-state index contributed by atoms with van der Waals surface area (Å²) in [7, 11) is 1.77. The van der Waals surface area contributed by atoms with E-state index < -0.39 is 24.1 Å². The van der Waals surface area contributed by atoms with Crippen molar-refractivity contribution in [3.05, 3.63) is 76.9 Å². The summed E-state index contributed by atoms with van der Waals surface area (Å²) >= 11 is 3.29. The minimum absolute atomic E-state index is 0.241. The molecule has 10 heteroatoms. The third-order valence-corrected chi connectivity index (χ3v) is 6.58. The summed E-state index contributed by atoms with van der Waals surface area (Å²) in [4.78, 5) is 23.5. The summed E-state index contributed by atoms with van der Waals surface area (Å²) in [6.45, 7) is 0.241. The molecule has 4 rings (SSSR count). The van der Waals surface area contributed by atoms with Crippen molar-refractivity contribution in [3.8, 4) is 11.5 Å². The number of aliphatic hydroxyl groups excluding tert-OH is 1.